The zero-order valence-electron chi connectivity index (χ0n) is 23.0. The number of ether oxygens (including phenoxy) is 3. The Morgan fingerprint density at radius 1 is 0.842 bits per heavy atom. The van der Waals surface area contributed by atoms with Gasteiger partial charge in [-0.05, 0) is 66.9 Å². The Kier molecular flexibility index (Phi) is 9.24. The smallest absolute Gasteiger partial charge is 0.258 e. The van der Waals surface area contributed by atoms with E-state index in [-0.39, 0.29) is 6.10 Å². The van der Waals surface area contributed by atoms with Gasteiger partial charge in [0.25, 0.3) is 7.37 Å². The van der Waals surface area contributed by atoms with E-state index in [4.69, 9.17) is 18.7 Å². The average molecular weight is 539 g/mol. The number of benzene rings is 3. The molecule has 1 fully saturated rings. The van der Waals surface area contributed by atoms with E-state index < -0.39 is 13.2 Å². The second-order valence-electron chi connectivity index (χ2n) is 9.74. The molecule has 0 radical (unpaired) electrons. The minimum atomic E-state index is -3.55. The quantitative estimate of drug-likeness (QED) is 0.268. The van der Waals surface area contributed by atoms with Crippen LogP contribution in [-0.2, 0) is 9.09 Å². The van der Waals surface area contributed by atoms with E-state index in [1.165, 1.54) is 6.42 Å². The van der Waals surface area contributed by atoms with Crippen LogP contribution in [0.15, 0.2) is 66.7 Å². The Balaban J connectivity index is 1.90. The molecule has 38 heavy (non-hydrogen) atoms. The van der Waals surface area contributed by atoms with Crippen molar-refractivity contribution < 1.29 is 23.3 Å². The van der Waals surface area contributed by atoms with Gasteiger partial charge >= 0.3 is 0 Å². The van der Waals surface area contributed by atoms with Crippen molar-refractivity contribution in [3.63, 3.8) is 0 Å². The Hall–Kier alpha value is -3.15. The fraction of sp³-hybridized carbons (Fsp3) is 0.400. The SMILES string of the molecule is COc1cc([C@@H](Nc2ccccc2)[P@@](=O)(OC2CCCCC2)c2ccc(N(C)C)cc2)cc(OC)c1OC. The number of anilines is 2. The number of para-hydroxylation sites is 1. The maximum atomic E-state index is 15.4. The van der Waals surface area contributed by atoms with Gasteiger partial charge in [-0.3, -0.25) is 4.57 Å². The minimum Gasteiger partial charge on any atom is -0.493 e. The molecule has 4 rings (SSSR count). The summed E-state index contributed by atoms with van der Waals surface area (Å²) in [4.78, 5) is 2.02. The van der Waals surface area contributed by atoms with Crippen molar-refractivity contribution in [1.29, 1.82) is 0 Å². The third-order valence-electron chi connectivity index (χ3n) is 7.00. The van der Waals surface area contributed by atoms with Crippen LogP contribution in [-0.4, -0.2) is 41.5 Å². The predicted octanol–water partition coefficient (Wildman–Crippen LogP) is 6.84. The van der Waals surface area contributed by atoms with Crippen LogP contribution in [0.3, 0.4) is 0 Å². The average Bonchev–Trinajstić information content (AvgIpc) is 2.96. The van der Waals surface area contributed by atoms with Crippen molar-refractivity contribution in [1.82, 2.24) is 0 Å². The van der Waals surface area contributed by atoms with E-state index >= 15 is 4.57 Å². The van der Waals surface area contributed by atoms with Gasteiger partial charge in [0.2, 0.25) is 5.75 Å². The number of nitrogens with one attached hydrogen (secondary N) is 1. The van der Waals surface area contributed by atoms with E-state index in [1.807, 2.05) is 85.7 Å². The lowest BCUT2D eigenvalue weighted by atomic mass is 9.98. The van der Waals surface area contributed by atoms with Gasteiger partial charge in [-0.25, -0.2) is 0 Å². The minimum absolute atomic E-state index is 0.0785. The van der Waals surface area contributed by atoms with E-state index in [9.17, 15) is 0 Å². The summed E-state index contributed by atoms with van der Waals surface area (Å²) < 4.78 is 39.0. The number of rotatable bonds is 11. The summed E-state index contributed by atoms with van der Waals surface area (Å²) in [5, 5.41) is 4.21. The molecule has 2 atom stereocenters. The van der Waals surface area contributed by atoms with Crippen LogP contribution in [0.4, 0.5) is 11.4 Å². The summed E-state index contributed by atoms with van der Waals surface area (Å²) in [6, 6.07) is 21.3. The molecule has 0 bridgehead atoms. The summed E-state index contributed by atoms with van der Waals surface area (Å²) in [7, 11) is 5.16. The second kappa shape index (κ2) is 12.6. The number of methoxy groups -OCH3 is 3. The summed E-state index contributed by atoms with van der Waals surface area (Å²) in [6.45, 7) is 0. The van der Waals surface area contributed by atoms with Crippen molar-refractivity contribution in [2.75, 3.05) is 45.6 Å². The molecule has 1 N–H and O–H groups in total. The monoisotopic (exact) mass is 538 g/mol. The van der Waals surface area contributed by atoms with E-state index in [2.05, 4.69) is 5.32 Å². The highest BCUT2D eigenvalue weighted by molar-refractivity contribution is 7.67. The molecule has 7 nitrogen and oxygen atoms in total. The predicted molar refractivity (Wildman–Crippen MR) is 155 cm³/mol. The van der Waals surface area contributed by atoms with Crippen LogP contribution in [0, 0.1) is 0 Å². The zero-order chi connectivity index (χ0) is 27.1. The molecule has 1 saturated carbocycles. The molecule has 3 aromatic rings. The highest BCUT2D eigenvalue weighted by atomic mass is 31.2. The molecule has 1 aliphatic carbocycles. The normalized spacial score (nSPS) is 16.2. The fourth-order valence-corrected chi connectivity index (χ4v) is 7.56. The molecule has 8 heteroatoms. The third-order valence-corrected chi connectivity index (χ3v) is 9.74. The first-order chi connectivity index (χ1) is 18.4. The Morgan fingerprint density at radius 2 is 1.45 bits per heavy atom. The van der Waals surface area contributed by atoms with Crippen molar-refractivity contribution in [3.05, 3.63) is 72.3 Å². The van der Waals surface area contributed by atoms with Gasteiger partial charge in [-0.15, -0.1) is 0 Å². The Morgan fingerprint density at radius 3 is 1.97 bits per heavy atom. The summed E-state index contributed by atoms with van der Waals surface area (Å²) >= 11 is 0. The first-order valence-electron chi connectivity index (χ1n) is 13.1. The highest BCUT2D eigenvalue weighted by Crippen LogP contribution is 2.61. The molecule has 0 spiro atoms. The van der Waals surface area contributed by atoms with Crippen molar-refractivity contribution in [2.45, 2.75) is 44.0 Å². The molecule has 0 heterocycles. The van der Waals surface area contributed by atoms with Gasteiger partial charge in [-0.2, -0.15) is 0 Å². The van der Waals surface area contributed by atoms with Crippen LogP contribution in [0.25, 0.3) is 0 Å². The molecule has 1 aliphatic rings. The lowest BCUT2D eigenvalue weighted by molar-refractivity contribution is 0.159. The summed E-state index contributed by atoms with van der Waals surface area (Å²) in [5.41, 5.74) is 2.58. The molecule has 0 saturated heterocycles. The van der Waals surface area contributed by atoms with Crippen LogP contribution in [0.5, 0.6) is 17.2 Å². The molecule has 0 aliphatic heterocycles. The molecule has 204 valence electrons. The largest absolute Gasteiger partial charge is 0.493 e. The van der Waals surface area contributed by atoms with E-state index in [0.717, 1.165) is 42.6 Å². The molecular weight excluding hydrogens is 499 g/mol. The van der Waals surface area contributed by atoms with Crippen molar-refractivity contribution in [2.24, 2.45) is 0 Å². The highest BCUT2D eigenvalue weighted by Gasteiger charge is 2.41. The standard InChI is InChI=1S/C30H39N2O5P/c1-32(2)24-16-18-26(19-17-24)38(33,37-25-14-10-7-11-15-25)30(31-23-12-8-6-9-13-23)22-20-27(34-3)29(36-5)28(21-22)35-4/h6,8-9,12-13,16-21,25,30-31H,7,10-11,14-15H2,1-5H3/t30-,38-/m0/s1. The van der Waals surface area contributed by atoms with Crippen molar-refractivity contribution in [3.8, 4) is 17.2 Å². The first-order valence-corrected chi connectivity index (χ1v) is 14.8. The lowest BCUT2D eigenvalue weighted by Gasteiger charge is -2.34. The van der Waals surface area contributed by atoms with Crippen LogP contribution >= 0.6 is 7.37 Å². The van der Waals surface area contributed by atoms with E-state index in [0.29, 0.717) is 22.6 Å². The maximum Gasteiger partial charge on any atom is 0.258 e. The molecular formula is C30H39N2O5P. The maximum absolute atomic E-state index is 15.4. The van der Waals surface area contributed by atoms with Crippen LogP contribution in [0.1, 0.15) is 43.5 Å². The Bertz CT molecular complexity index is 1200. The third kappa shape index (κ3) is 6.11. The summed E-state index contributed by atoms with van der Waals surface area (Å²) in [5.74, 6) is 0.768. The summed E-state index contributed by atoms with van der Waals surface area (Å²) in [6.07, 6.45) is 5.04. The van der Waals surface area contributed by atoms with Gasteiger partial charge in [0, 0.05) is 30.8 Å². The second-order valence-corrected chi connectivity index (χ2v) is 12.2. The van der Waals surface area contributed by atoms with Crippen molar-refractivity contribution >= 4 is 24.0 Å². The van der Waals surface area contributed by atoms with Gasteiger partial charge in [0.1, 0.15) is 5.78 Å². The zero-order valence-corrected chi connectivity index (χ0v) is 23.9. The van der Waals surface area contributed by atoms with Crippen LogP contribution < -0.4 is 29.7 Å². The van der Waals surface area contributed by atoms with Gasteiger partial charge in [0.15, 0.2) is 11.5 Å². The van der Waals surface area contributed by atoms with Gasteiger partial charge < -0.3 is 29.0 Å². The van der Waals surface area contributed by atoms with E-state index in [1.54, 1.807) is 21.3 Å². The van der Waals surface area contributed by atoms with Gasteiger partial charge in [-0.1, -0.05) is 37.5 Å². The number of hydrogen-bond acceptors (Lipinski definition) is 7. The number of hydrogen-bond donors (Lipinski definition) is 1. The molecule has 0 aromatic heterocycles. The first kappa shape index (κ1) is 27.9. The fourth-order valence-electron chi connectivity index (χ4n) is 4.94. The lowest BCUT2D eigenvalue weighted by Crippen LogP contribution is -2.25. The van der Waals surface area contributed by atoms with Gasteiger partial charge in [0.05, 0.1) is 27.4 Å². The molecule has 0 unspecified atom stereocenters. The molecule has 0 amide bonds. The Labute approximate surface area is 226 Å². The topological polar surface area (TPSA) is 69.3 Å². The number of nitrogens with zero attached hydrogens (tertiary/aromatic N) is 1. The van der Waals surface area contributed by atoms with Crippen LogP contribution in [0.2, 0.25) is 0 Å². The molecule has 3 aromatic carbocycles.